The van der Waals surface area contributed by atoms with Gasteiger partial charge in [-0.15, -0.1) is 0 Å². The van der Waals surface area contributed by atoms with Gasteiger partial charge in [-0.3, -0.25) is 4.79 Å². The Morgan fingerprint density at radius 1 is 1.44 bits per heavy atom. The van der Waals surface area contributed by atoms with Crippen LogP contribution in [0, 0.1) is 0 Å². The molecule has 1 amide bonds. The van der Waals surface area contributed by atoms with Gasteiger partial charge >= 0.3 is 0 Å². The normalized spacial score (nSPS) is 12.1. The van der Waals surface area contributed by atoms with Crippen LogP contribution in [0.1, 0.15) is 28.9 Å². The van der Waals surface area contributed by atoms with Crippen LogP contribution in [0.25, 0.3) is 0 Å². The molecule has 0 aliphatic carbocycles. The number of rotatable bonds is 3. The van der Waals surface area contributed by atoms with E-state index >= 15 is 0 Å². The van der Waals surface area contributed by atoms with E-state index in [1.165, 1.54) is 6.07 Å². The molecular formula is C13H12BrNO2S. The third kappa shape index (κ3) is 2.91. The lowest BCUT2D eigenvalue weighted by Crippen LogP contribution is -2.26. The Kier molecular flexibility index (Phi) is 4.04. The molecule has 1 unspecified atom stereocenters. The molecule has 1 aromatic heterocycles. The topological polar surface area (TPSA) is 49.3 Å². The number of amides is 1. The molecule has 0 saturated carbocycles. The summed E-state index contributed by atoms with van der Waals surface area (Å²) in [4.78, 5) is 12.0. The van der Waals surface area contributed by atoms with E-state index in [2.05, 4.69) is 21.2 Å². The number of hydrogen-bond acceptors (Lipinski definition) is 3. The number of benzene rings is 1. The molecule has 1 heterocycles. The largest absolute Gasteiger partial charge is 0.507 e. The van der Waals surface area contributed by atoms with E-state index < -0.39 is 0 Å². The molecule has 0 saturated heterocycles. The monoisotopic (exact) mass is 325 g/mol. The zero-order valence-corrected chi connectivity index (χ0v) is 12.1. The third-order valence-electron chi connectivity index (χ3n) is 2.59. The number of phenolic OH excluding ortho intramolecular Hbond substituents is 1. The SMILES string of the molecule is CC(NC(=O)c1cc(Br)ccc1O)c1ccsc1. The number of nitrogens with one attached hydrogen (secondary N) is 1. The minimum Gasteiger partial charge on any atom is -0.507 e. The predicted molar refractivity (Wildman–Crippen MR) is 76.0 cm³/mol. The van der Waals surface area contributed by atoms with Gasteiger partial charge in [-0.25, -0.2) is 0 Å². The van der Waals surface area contributed by atoms with E-state index in [9.17, 15) is 9.90 Å². The first-order valence-corrected chi connectivity index (χ1v) is 7.13. The second kappa shape index (κ2) is 5.54. The maximum atomic E-state index is 12.0. The van der Waals surface area contributed by atoms with Crippen LogP contribution >= 0.6 is 27.3 Å². The smallest absolute Gasteiger partial charge is 0.255 e. The number of phenols is 1. The molecule has 5 heteroatoms. The first-order chi connectivity index (χ1) is 8.58. The molecule has 0 aliphatic rings. The summed E-state index contributed by atoms with van der Waals surface area (Å²) in [6.07, 6.45) is 0. The van der Waals surface area contributed by atoms with Crippen molar-refractivity contribution in [1.82, 2.24) is 5.32 Å². The van der Waals surface area contributed by atoms with Crippen LogP contribution < -0.4 is 5.32 Å². The molecule has 0 radical (unpaired) electrons. The maximum absolute atomic E-state index is 12.0. The summed E-state index contributed by atoms with van der Waals surface area (Å²) >= 11 is 4.87. The van der Waals surface area contributed by atoms with Gasteiger partial charge in [0.1, 0.15) is 5.75 Å². The van der Waals surface area contributed by atoms with E-state index in [1.54, 1.807) is 23.5 Å². The van der Waals surface area contributed by atoms with Gasteiger partial charge in [-0.1, -0.05) is 15.9 Å². The van der Waals surface area contributed by atoms with Crippen LogP contribution in [0.5, 0.6) is 5.75 Å². The average Bonchev–Trinajstić information content (AvgIpc) is 2.85. The molecule has 0 aliphatic heterocycles. The van der Waals surface area contributed by atoms with Gasteiger partial charge in [0, 0.05) is 4.47 Å². The number of thiophene rings is 1. The van der Waals surface area contributed by atoms with Gasteiger partial charge in [0.25, 0.3) is 5.91 Å². The van der Waals surface area contributed by atoms with E-state index in [0.717, 1.165) is 10.0 Å². The van der Waals surface area contributed by atoms with Crippen LogP contribution in [0.2, 0.25) is 0 Å². The van der Waals surface area contributed by atoms with Gasteiger partial charge in [-0.05, 0) is 47.5 Å². The number of hydrogen-bond donors (Lipinski definition) is 2. The average molecular weight is 326 g/mol. The van der Waals surface area contributed by atoms with Gasteiger partial charge < -0.3 is 10.4 Å². The van der Waals surface area contributed by atoms with Gasteiger partial charge in [0.05, 0.1) is 11.6 Å². The van der Waals surface area contributed by atoms with Crippen molar-refractivity contribution in [1.29, 1.82) is 0 Å². The predicted octanol–water partition coefficient (Wildman–Crippen LogP) is 3.71. The van der Waals surface area contributed by atoms with Crippen molar-refractivity contribution < 1.29 is 9.90 Å². The Bertz CT molecular complexity index is 554. The van der Waals surface area contributed by atoms with Crippen molar-refractivity contribution in [3.05, 3.63) is 50.6 Å². The summed E-state index contributed by atoms with van der Waals surface area (Å²) in [5.74, 6) is -0.305. The minimum absolute atomic E-state index is 0.0202. The van der Waals surface area contributed by atoms with Crippen LogP contribution in [0.15, 0.2) is 39.5 Å². The summed E-state index contributed by atoms with van der Waals surface area (Å²) in [7, 11) is 0. The molecule has 0 bridgehead atoms. The molecule has 2 rings (SSSR count). The maximum Gasteiger partial charge on any atom is 0.255 e. The summed E-state index contributed by atoms with van der Waals surface area (Å²) in [6, 6.07) is 6.67. The number of aromatic hydroxyl groups is 1. The molecule has 0 fully saturated rings. The van der Waals surface area contributed by atoms with E-state index in [-0.39, 0.29) is 23.3 Å². The third-order valence-corrected chi connectivity index (χ3v) is 3.79. The lowest BCUT2D eigenvalue weighted by Gasteiger charge is -2.13. The zero-order chi connectivity index (χ0) is 13.1. The number of halogens is 1. The summed E-state index contributed by atoms with van der Waals surface area (Å²) in [6.45, 7) is 1.91. The number of carbonyl (C=O) groups excluding carboxylic acids is 1. The van der Waals surface area contributed by atoms with Crippen molar-refractivity contribution >= 4 is 33.2 Å². The quantitative estimate of drug-likeness (QED) is 0.903. The van der Waals surface area contributed by atoms with Crippen LogP contribution in [0.4, 0.5) is 0 Å². The molecule has 0 spiro atoms. The zero-order valence-electron chi connectivity index (χ0n) is 9.68. The van der Waals surface area contributed by atoms with Crippen LogP contribution in [0.3, 0.4) is 0 Å². The van der Waals surface area contributed by atoms with Crippen molar-refractivity contribution in [3.8, 4) is 5.75 Å². The van der Waals surface area contributed by atoms with Crippen LogP contribution in [-0.2, 0) is 0 Å². The van der Waals surface area contributed by atoms with Crippen molar-refractivity contribution in [2.75, 3.05) is 0 Å². The summed E-state index contributed by atoms with van der Waals surface area (Å²) < 4.78 is 0.758. The molecule has 94 valence electrons. The lowest BCUT2D eigenvalue weighted by molar-refractivity contribution is 0.0937. The van der Waals surface area contributed by atoms with E-state index in [4.69, 9.17) is 0 Å². The van der Waals surface area contributed by atoms with E-state index in [1.807, 2.05) is 23.8 Å². The molecule has 2 N–H and O–H groups in total. The Morgan fingerprint density at radius 3 is 2.89 bits per heavy atom. The first kappa shape index (κ1) is 13.1. The Hall–Kier alpha value is -1.33. The fourth-order valence-electron chi connectivity index (χ4n) is 1.57. The summed E-state index contributed by atoms with van der Waals surface area (Å²) in [5, 5.41) is 16.5. The Morgan fingerprint density at radius 2 is 2.22 bits per heavy atom. The molecule has 2 aromatic rings. The molecule has 1 atom stereocenters. The Labute approximate surface area is 118 Å². The van der Waals surface area contributed by atoms with Crippen molar-refractivity contribution in [2.45, 2.75) is 13.0 Å². The lowest BCUT2D eigenvalue weighted by atomic mass is 10.1. The van der Waals surface area contributed by atoms with Gasteiger partial charge in [0.2, 0.25) is 0 Å². The second-order valence-corrected chi connectivity index (χ2v) is 5.61. The standard InChI is InChI=1S/C13H12BrNO2S/c1-8(9-4-5-18-7-9)15-13(17)11-6-10(14)2-3-12(11)16/h2-8,16H,1H3,(H,15,17). The van der Waals surface area contributed by atoms with Crippen molar-refractivity contribution in [2.24, 2.45) is 0 Å². The van der Waals surface area contributed by atoms with Crippen LogP contribution in [-0.4, -0.2) is 11.0 Å². The highest BCUT2D eigenvalue weighted by Gasteiger charge is 2.15. The molecule has 3 nitrogen and oxygen atoms in total. The molecule has 18 heavy (non-hydrogen) atoms. The first-order valence-electron chi connectivity index (χ1n) is 5.39. The summed E-state index contributed by atoms with van der Waals surface area (Å²) in [5.41, 5.74) is 1.33. The fraction of sp³-hybridized carbons (Fsp3) is 0.154. The molecular weight excluding hydrogens is 314 g/mol. The second-order valence-electron chi connectivity index (χ2n) is 3.91. The molecule has 1 aromatic carbocycles. The van der Waals surface area contributed by atoms with Gasteiger partial charge in [0.15, 0.2) is 0 Å². The van der Waals surface area contributed by atoms with Gasteiger partial charge in [-0.2, -0.15) is 11.3 Å². The highest BCUT2D eigenvalue weighted by molar-refractivity contribution is 9.10. The minimum atomic E-state index is -0.285. The highest BCUT2D eigenvalue weighted by Crippen LogP contribution is 2.23. The highest BCUT2D eigenvalue weighted by atomic mass is 79.9. The fourth-order valence-corrected chi connectivity index (χ4v) is 2.68. The van der Waals surface area contributed by atoms with Crippen molar-refractivity contribution in [3.63, 3.8) is 0 Å². The number of carbonyl (C=O) groups is 1. The van der Waals surface area contributed by atoms with E-state index in [0.29, 0.717) is 0 Å². The Balaban J connectivity index is 2.15.